The number of fused-ring (bicyclic) bond motifs is 1. The molecule has 1 heterocycles. The van der Waals surface area contributed by atoms with Crippen LogP contribution in [0.4, 0.5) is 0 Å². The van der Waals surface area contributed by atoms with Crippen LogP contribution in [0.15, 0.2) is 54.6 Å². The summed E-state index contributed by atoms with van der Waals surface area (Å²) in [6.45, 7) is 3.25. The van der Waals surface area contributed by atoms with Gasteiger partial charge in [0.25, 0.3) is 0 Å². The second kappa shape index (κ2) is 8.38. The summed E-state index contributed by atoms with van der Waals surface area (Å²) in [4.78, 5) is 26.1. The number of hydrogen-bond donors (Lipinski definition) is 1. The molecule has 0 bridgehead atoms. The summed E-state index contributed by atoms with van der Waals surface area (Å²) < 4.78 is 11.4. The van der Waals surface area contributed by atoms with Crippen molar-refractivity contribution in [3.63, 3.8) is 0 Å². The van der Waals surface area contributed by atoms with Gasteiger partial charge in [-0.2, -0.15) is 0 Å². The first-order valence-electron chi connectivity index (χ1n) is 8.67. The zero-order valence-corrected chi connectivity index (χ0v) is 14.7. The van der Waals surface area contributed by atoms with Gasteiger partial charge in [-0.3, -0.25) is 9.59 Å². The maximum atomic E-state index is 12.4. The number of carbonyl (C=O) groups is 2. The highest BCUT2D eigenvalue weighted by molar-refractivity contribution is 6.34. The van der Waals surface area contributed by atoms with E-state index < -0.39 is 11.8 Å². The van der Waals surface area contributed by atoms with Gasteiger partial charge in [-0.25, -0.2) is 0 Å². The van der Waals surface area contributed by atoms with Crippen molar-refractivity contribution in [2.24, 2.45) is 0 Å². The molecule has 1 aliphatic heterocycles. The van der Waals surface area contributed by atoms with Crippen LogP contribution in [0.1, 0.15) is 12.5 Å². The normalized spacial score (nSPS) is 15.2. The lowest BCUT2D eigenvalue weighted by molar-refractivity contribution is -0.146. The standard InChI is InChI=1S/C20H22N2O4/c1-2-22(13-15-8-4-3-5-9-15)20(24)19(23)21-12-16-14-25-17-10-6-7-11-18(17)26-16/h3-11,16H,2,12-14H2,1H3,(H,21,23). The molecule has 6 nitrogen and oxygen atoms in total. The number of benzene rings is 2. The highest BCUT2D eigenvalue weighted by Crippen LogP contribution is 2.30. The van der Waals surface area contributed by atoms with Crippen LogP contribution in [0, 0.1) is 0 Å². The number of likely N-dealkylation sites (N-methyl/N-ethyl adjacent to an activating group) is 1. The molecule has 1 unspecified atom stereocenters. The van der Waals surface area contributed by atoms with Gasteiger partial charge in [0.1, 0.15) is 12.7 Å². The maximum absolute atomic E-state index is 12.4. The molecule has 0 saturated carbocycles. The first kappa shape index (κ1) is 17.8. The van der Waals surface area contributed by atoms with E-state index in [1.807, 2.05) is 61.5 Å². The van der Waals surface area contributed by atoms with Crippen molar-refractivity contribution < 1.29 is 19.1 Å². The Kier molecular flexibility index (Phi) is 5.73. The molecule has 0 aliphatic carbocycles. The van der Waals surface area contributed by atoms with E-state index >= 15 is 0 Å². The summed E-state index contributed by atoms with van der Waals surface area (Å²) in [7, 11) is 0. The first-order valence-corrected chi connectivity index (χ1v) is 8.67. The monoisotopic (exact) mass is 354 g/mol. The Morgan fingerprint density at radius 2 is 1.77 bits per heavy atom. The number of rotatable bonds is 5. The van der Waals surface area contributed by atoms with Crippen molar-refractivity contribution in [1.29, 1.82) is 0 Å². The quantitative estimate of drug-likeness (QED) is 0.834. The van der Waals surface area contributed by atoms with E-state index in [-0.39, 0.29) is 12.6 Å². The van der Waals surface area contributed by atoms with Crippen LogP contribution in [0.25, 0.3) is 0 Å². The maximum Gasteiger partial charge on any atom is 0.312 e. The van der Waals surface area contributed by atoms with E-state index in [4.69, 9.17) is 9.47 Å². The Morgan fingerprint density at radius 1 is 1.08 bits per heavy atom. The zero-order chi connectivity index (χ0) is 18.4. The molecule has 3 rings (SSSR count). The van der Waals surface area contributed by atoms with Gasteiger partial charge in [0.15, 0.2) is 11.5 Å². The van der Waals surface area contributed by atoms with Gasteiger partial charge < -0.3 is 19.7 Å². The number of carbonyl (C=O) groups excluding carboxylic acids is 2. The molecule has 1 atom stereocenters. The lowest BCUT2D eigenvalue weighted by Crippen LogP contribution is -2.47. The summed E-state index contributed by atoms with van der Waals surface area (Å²) in [6, 6.07) is 17.0. The van der Waals surface area contributed by atoms with Crippen LogP contribution in [0.3, 0.4) is 0 Å². The topological polar surface area (TPSA) is 67.9 Å². The van der Waals surface area contributed by atoms with Gasteiger partial charge in [0.05, 0.1) is 6.54 Å². The fourth-order valence-electron chi connectivity index (χ4n) is 2.72. The smallest absolute Gasteiger partial charge is 0.312 e. The van der Waals surface area contributed by atoms with E-state index in [9.17, 15) is 9.59 Å². The highest BCUT2D eigenvalue weighted by Gasteiger charge is 2.24. The van der Waals surface area contributed by atoms with E-state index in [0.29, 0.717) is 31.2 Å². The van der Waals surface area contributed by atoms with Crippen LogP contribution in [0.5, 0.6) is 11.5 Å². The molecule has 6 heteroatoms. The van der Waals surface area contributed by atoms with Crippen LogP contribution < -0.4 is 14.8 Å². The lowest BCUT2D eigenvalue weighted by atomic mass is 10.2. The third kappa shape index (κ3) is 4.33. The Bertz CT molecular complexity index is 763. The Labute approximate surface area is 152 Å². The van der Waals surface area contributed by atoms with E-state index in [0.717, 1.165) is 5.56 Å². The molecule has 2 aromatic rings. The molecule has 1 N–H and O–H groups in total. The minimum atomic E-state index is -0.634. The van der Waals surface area contributed by atoms with Gasteiger partial charge in [-0.05, 0) is 24.6 Å². The molecule has 0 spiro atoms. The van der Waals surface area contributed by atoms with Gasteiger partial charge in [0, 0.05) is 13.1 Å². The summed E-state index contributed by atoms with van der Waals surface area (Å²) in [5, 5.41) is 2.65. The first-order chi connectivity index (χ1) is 12.7. The lowest BCUT2D eigenvalue weighted by Gasteiger charge is -2.27. The van der Waals surface area contributed by atoms with Gasteiger partial charge in [-0.15, -0.1) is 0 Å². The van der Waals surface area contributed by atoms with Crippen molar-refractivity contribution in [2.45, 2.75) is 19.6 Å². The summed E-state index contributed by atoms with van der Waals surface area (Å²) >= 11 is 0. The molecule has 136 valence electrons. The Balaban J connectivity index is 1.52. The van der Waals surface area contributed by atoms with Crippen LogP contribution >= 0.6 is 0 Å². The largest absolute Gasteiger partial charge is 0.486 e. The molecule has 2 amide bonds. The summed E-state index contributed by atoms with van der Waals surface area (Å²) in [5.74, 6) is 0.147. The second-order valence-electron chi connectivity index (χ2n) is 6.01. The highest BCUT2D eigenvalue weighted by atomic mass is 16.6. The van der Waals surface area contributed by atoms with Crippen molar-refractivity contribution in [2.75, 3.05) is 19.7 Å². The van der Waals surface area contributed by atoms with Crippen LogP contribution in [0.2, 0.25) is 0 Å². The minimum Gasteiger partial charge on any atom is -0.486 e. The van der Waals surface area contributed by atoms with Crippen LogP contribution in [-0.2, 0) is 16.1 Å². The van der Waals surface area contributed by atoms with Crippen LogP contribution in [-0.4, -0.2) is 42.5 Å². The average Bonchev–Trinajstić information content (AvgIpc) is 2.70. The van der Waals surface area contributed by atoms with Crippen molar-refractivity contribution in [1.82, 2.24) is 10.2 Å². The third-order valence-electron chi connectivity index (χ3n) is 4.14. The zero-order valence-electron chi connectivity index (χ0n) is 14.7. The number of nitrogens with one attached hydrogen (secondary N) is 1. The molecule has 1 aliphatic rings. The van der Waals surface area contributed by atoms with Gasteiger partial charge in [-0.1, -0.05) is 42.5 Å². The number of para-hydroxylation sites is 2. The molecule has 0 radical (unpaired) electrons. The third-order valence-corrected chi connectivity index (χ3v) is 4.14. The molecule has 2 aromatic carbocycles. The van der Waals surface area contributed by atoms with Gasteiger partial charge in [0.2, 0.25) is 0 Å². The molecule has 26 heavy (non-hydrogen) atoms. The van der Waals surface area contributed by atoms with E-state index in [1.54, 1.807) is 0 Å². The molecule has 0 fully saturated rings. The van der Waals surface area contributed by atoms with Crippen molar-refractivity contribution in [3.8, 4) is 11.5 Å². The molecule has 0 aromatic heterocycles. The fourth-order valence-corrected chi connectivity index (χ4v) is 2.72. The number of nitrogens with zero attached hydrogens (tertiary/aromatic N) is 1. The SMILES string of the molecule is CCN(Cc1ccccc1)C(=O)C(=O)NCC1COc2ccccc2O1. The Morgan fingerprint density at radius 3 is 2.50 bits per heavy atom. The molecule has 0 saturated heterocycles. The van der Waals surface area contributed by atoms with E-state index in [1.165, 1.54) is 4.90 Å². The Hall–Kier alpha value is -3.02. The number of hydrogen-bond acceptors (Lipinski definition) is 4. The fraction of sp³-hybridized carbons (Fsp3) is 0.300. The van der Waals surface area contributed by atoms with Crippen molar-refractivity contribution >= 4 is 11.8 Å². The van der Waals surface area contributed by atoms with E-state index in [2.05, 4.69) is 5.32 Å². The summed E-state index contributed by atoms with van der Waals surface area (Å²) in [5.41, 5.74) is 0.983. The molecular formula is C20H22N2O4. The van der Waals surface area contributed by atoms with Crippen molar-refractivity contribution in [3.05, 3.63) is 60.2 Å². The molecular weight excluding hydrogens is 332 g/mol. The van der Waals surface area contributed by atoms with Gasteiger partial charge >= 0.3 is 11.8 Å². The predicted molar refractivity (Wildman–Crippen MR) is 96.9 cm³/mol. The predicted octanol–water partition coefficient (Wildman–Crippen LogP) is 1.99. The summed E-state index contributed by atoms with van der Waals surface area (Å²) in [6.07, 6.45) is -0.328. The average molecular weight is 354 g/mol. The number of amides is 2. The second-order valence-corrected chi connectivity index (χ2v) is 6.01. The number of ether oxygens (including phenoxy) is 2. The minimum absolute atomic E-state index is 0.210.